The summed E-state index contributed by atoms with van der Waals surface area (Å²) < 4.78 is 5.55. The number of amides is 1. The molecule has 31 heavy (non-hydrogen) atoms. The second-order valence-electron chi connectivity index (χ2n) is 7.21. The fraction of sp³-hybridized carbons (Fsp3) is 0.154. The molecule has 0 heterocycles. The lowest BCUT2D eigenvalue weighted by molar-refractivity contribution is 0.143. The van der Waals surface area contributed by atoms with Gasteiger partial charge in [0.2, 0.25) is 0 Å². The van der Waals surface area contributed by atoms with Crippen LogP contribution in [-0.2, 0) is 4.74 Å². The Kier molecular flexibility index (Phi) is 6.68. The average molecular weight is 427 g/mol. The Bertz CT molecular complexity index is 1120. The maximum Gasteiger partial charge on any atom is 0.407 e. The summed E-state index contributed by atoms with van der Waals surface area (Å²) in [5.41, 5.74) is 6.58. The fourth-order valence-corrected chi connectivity index (χ4v) is 4.00. The number of aliphatic imine (C=N–C) groups is 1. The van der Waals surface area contributed by atoms with Crippen LogP contribution in [-0.4, -0.2) is 24.4 Å². The molecule has 5 heteroatoms. The van der Waals surface area contributed by atoms with E-state index < -0.39 is 6.09 Å². The van der Waals surface area contributed by atoms with E-state index in [9.17, 15) is 4.79 Å². The molecule has 1 N–H and O–H groups in total. The Labute approximate surface area is 187 Å². The van der Waals surface area contributed by atoms with Crippen LogP contribution in [0.3, 0.4) is 0 Å². The Morgan fingerprint density at radius 1 is 1.00 bits per heavy atom. The quantitative estimate of drug-likeness (QED) is 0.272. The second kappa shape index (κ2) is 9.98. The van der Waals surface area contributed by atoms with E-state index in [-0.39, 0.29) is 5.92 Å². The van der Waals surface area contributed by atoms with Gasteiger partial charge in [-0.15, -0.1) is 0 Å². The zero-order valence-corrected chi connectivity index (χ0v) is 17.8. The van der Waals surface area contributed by atoms with Crippen molar-refractivity contribution in [1.29, 1.82) is 0 Å². The van der Waals surface area contributed by atoms with Gasteiger partial charge in [-0.05, 0) is 47.0 Å². The molecule has 3 aromatic rings. The Morgan fingerprint density at radius 3 is 2.35 bits per heavy atom. The van der Waals surface area contributed by atoms with Crippen molar-refractivity contribution in [2.75, 3.05) is 13.2 Å². The monoisotopic (exact) mass is 426 g/mol. The summed E-state index contributed by atoms with van der Waals surface area (Å²) in [6.45, 7) is 0.810. The number of isothiocyanates is 1. The van der Waals surface area contributed by atoms with E-state index in [1.54, 1.807) is 0 Å². The molecule has 0 bridgehead atoms. The summed E-state index contributed by atoms with van der Waals surface area (Å²) in [7, 11) is 0. The van der Waals surface area contributed by atoms with Gasteiger partial charge in [-0.25, -0.2) is 4.79 Å². The zero-order chi connectivity index (χ0) is 21.5. The van der Waals surface area contributed by atoms with Crippen molar-refractivity contribution < 1.29 is 9.53 Å². The van der Waals surface area contributed by atoms with Crippen LogP contribution in [0.1, 0.15) is 29.0 Å². The van der Waals surface area contributed by atoms with Crippen LogP contribution in [0.15, 0.2) is 83.9 Å². The van der Waals surface area contributed by atoms with Crippen LogP contribution in [0.25, 0.3) is 17.2 Å². The highest BCUT2D eigenvalue weighted by Gasteiger charge is 2.28. The Hall–Kier alpha value is -3.53. The average Bonchev–Trinajstić information content (AvgIpc) is 3.12. The zero-order valence-electron chi connectivity index (χ0n) is 17.0. The number of ether oxygens (including phenoxy) is 1. The molecule has 1 aliphatic carbocycles. The molecule has 154 valence electrons. The first-order valence-corrected chi connectivity index (χ1v) is 10.6. The number of fused-ring (bicyclic) bond motifs is 3. The molecule has 3 aromatic carbocycles. The molecular formula is C26H22N2O2S. The standard InChI is InChI=1S/C26H22N2O2S/c29-26(27-16-8-7-10-19-9-1-6-15-25(19)28-18-31)30-17-24-22-13-4-2-11-20(22)21-12-3-5-14-23(21)24/h1-7,9-15,24H,8,16-17H2,(H,27,29). The molecule has 0 radical (unpaired) electrons. The van der Waals surface area contributed by atoms with Crippen LogP contribution in [0.2, 0.25) is 0 Å². The number of alkyl carbamates (subject to hydrolysis) is 1. The lowest BCUT2D eigenvalue weighted by atomic mass is 9.98. The van der Waals surface area contributed by atoms with Gasteiger partial charge in [-0.1, -0.05) is 78.9 Å². The minimum atomic E-state index is -0.402. The molecule has 0 aromatic heterocycles. The summed E-state index contributed by atoms with van der Waals surface area (Å²) in [6.07, 6.45) is 4.23. The maximum atomic E-state index is 12.2. The van der Waals surface area contributed by atoms with Gasteiger partial charge in [-0.3, -0.25) is 0 Å². The lowest BCUT2D eigenvalue weighted by Crippen LogP contribution is -2.26. The van der Waals surface area contributed by atoms with Gasteiger partial charge in [0, 0.05) is 18.0 Å². The number of hydrogen-bond donors (Lipinski definition) is 1. The van der Waals surface area contributed by atoms with E-state index >= 15 is 0 Å². The first-order chi connectivity index (χ1) is 15.3. The lowest BCUT2D eigenvalue weighted by Gasteiger charge is -2.14. The Morgan fingerprint density at radius 2 is 1.65 bits per heavy atom. The van der Waals surface area contributed by atoms with Crippen molar-refractivity contribution in [3.63, 3.8) is 0 Å². The highest BCUT2D eigenvalue weighted by molar-refractivity contribution is 7.78. The summed E-state index contributed by atoms with van der Waals surface area (Å²) in [6, 6.07) is 24.3. The van der Waals surface area contributed by atoms with E-state index in [0.717, 1.165) is 11.3 Å². The van der Waals surface area contributed by atoms with Gasteiger partial charge >= 0.3 is 6.09 Å². The predicted octanol–water partition coefficient (Wildman–Crippen LogP) is 6.36. The third-order valence-corrected chi connectivity index (χ3v) is 5.42. The third-order valence-electron chi connectivity index (χ3n) is 5.32. The number of thiocarbonyl (C=S) groups is 1. The molecular weight excluding hydrogens is 404 g/mol. The van der Waals surface area contributed by atoms with Gasteiger partial charge in [0.1, 0.15) is 6.61 Å². The van der Waals surface area contributed by atoms with Crippen molar-refractivity contribution in [2.24, 2.45) is 4.99 Å². The number of carbonyl (C=O) groups is 1. The maximum absolute atomic E-state index is 12.2. The van der Waals surface area contributed by atoms with Gasteiger partial charge in [0.15, 0.2) is 0 Å². The summed E-state index contributed by atoms with van der Waals surface area (Å²) >= 11 is 4.68. The van der Waals surface area contributed by atoms with E-state index in [1.807, 2.05) is 60.7 Å². The smallest absolute Gasteiger partial charge is 0.407 e. The minimum absolute atomic E-state index is 0.0660. The minimum Gasteiger partial charge on any atom is -0.449 e. The predicted molar refractivity (Wildman–Crippen MR) is 128 cm³/mol. The summed E-state index contributed by atoms with van der Waals surface area (Å²) in [5, 5.41) is 5.21. The SMILES string of the molecule is O=C(NCCC=Cc1ccccc1N=C=S)OCC1c2ccccc2-c2ccccc21. The van der Waals surface area contributed by atoms with Crippen LogP contribution in [0.5, 0.6) is 0 Å². The van der Waals surface area contributed by atoms with E-state index in [4.69, 9.17) is 4.74 Å². The number of nitrogens with one attached hydrogen (secondary N) is 1. The van der Waals surface area contributed by atoms with Crippen molar-refractivity contribution in [3.05, 3.63) is 95.6 Å². The molecule has 4 nitrogen and oxygen atoms in total. The van der Waals surface area contributed by atoms with Gasteiger partial charge in [0.25, 0.3) is 0 Å². The molecule has 0 saturated carbocycles. The first kappa shape index (κ1) is 20.7. The van der Waals surface area contributed by atoms with Crippen molar-refractivity contribution in [3.8, 4) is 11.1 Å². The molecule has 1 amide bonds. The second-order valence-corrected chi connectivity index (χ2v) is 7.39. The highest BCUT2D eigenvalue weighted by Crippen LogP contribution is 2.44. The molecule has 0 fully saturated rings. The van der Waals surface area contributed by atoms with Crippen molar-refractivity contribution >= 4 is 35.2 Å². The van der Waals surface area contributed by atoms with Crippen molar-refractivity contribution in [1.82, 2.24) is 5.32 Å². The molecule has 0 saturated heterocycles. The van der Waals surface area contributed by atoms with E-state index in [2.05, 4.69) is 52.0 Å². The largest absolute Gasteiger partial charge is 0.449 e. The molecule has 0 atom stereocenters. The molecule has 4 rings (SSSR count). The van der Waals surface area contributed by atoms with E-state index in [1.165, 1.54) is 22.3 Å². The normalized spacial score (nSPS) is 12.1. The third kappa shape index (κ3) is 4.80. The number of benzene rings is 3. The summed E-state index contributed by atoms with van der Waals surface area (Å²) in [5.74, 6) is 0.0660. The van der Waals surface area contributed by atoms with Crippen molar-refractivity contribution in [2.45, 2.75) is 12.3 Å². The van der Waals surface area contributed by atoms with E-state index in [0.29, 0.717) is 19.6 Å². The van der Waals surface area contributed by atoms with Gasteiger partial charge in [0.05, 0.1) is 10.8 Å². The first-order valence-electron chi connectivity index (χ1n) is 10.2. The summed E-state index contributed by atoms with van der Waals surface area (Å²) in [4.78, 5) is 16.3. The molecule has 0 spiro atoms. The molecule has 0 aliphatic heterocycles. The number of hydrogen-bond acceptors (Lipinski definition) is 4. The number of rotatable bonds is 7. The number of carbonyl (C=O) groups excluding carboxylic acids is 1. The van der Waals surface area contributed by atoms with Gasteiger partial charge in [-0.2, -0.15) is 4.99 Å². The van der Waals surface area contributed by atoms with Gasteiger partial charge < -0.3 is 10.1 Å². The topological polar surface area (TPSA) is 50.7 Å². The van der Waals surface area contributed by atoms with Crippen LogP contribution in [0, 0.1) is 0 Å². The van der Waals surface area contributed by atoms with Crippen LogP contribution >= 0.6 is 12.2 Å². The number of nitrogens with zero attached hydrogens (tertiary/aromatic N) is 1. The Balaban J connectivity index is 1.28. The molecule has 1 aliphatic rings. The van der Waals surface area contributed by atoms with Crippen LogP contribution < -0.4 is 5.32 Å². The number of para-hydroxylation sites is 1. The molecule has 0 unspecified atom stereocenters. The highest BCUT2D eigenvalue weighted by atomic mass is 32.1. The fourth-order valence-electron chi connectivity index (χ4n) is 3.90. The van der Waals surface area contributed by atoms with Crippen LogP contribution in [0.4, 0.5) is 10.5 Å².